The number of amides is 1. The van der Waals surface area contributed by atoms with Crippen molar-refractivity contribution in [2.24, 2.45) is 0 Å². The molecule has 2 atom stereocenters. The monoisotopic (exact) mass is 533 g/mol. The number of aryl methyl sites for hydroxylation is 1. The fraction of sp³-hybridized carbons (Fsp3) is 0.435. The number of anilines is 1. The minimum Gasteiger partial charge on any atom is -0.330 e. The summed E-state index contributed by atoms with van der Waals surface area (Å²) in [5, 5.41) is 4.80. The lowest BCUT2D eigenvalue weighted by atomic mass is 9.98. The summed E-state index contributed by atoms with van der Waals surface area (Å²) in [5.74, 6) is -0.305. The molecule has 1 aromatic carbocycles. The summed E-state index contributed by atoms with van der Waals surface area (Å²) in [6.07, 6.45) is 6.42. The van der Waals surface area contributed by atoms with E-state index in [-0.39, 0.29) is 17.5 Å². The highest BCUT2D eigenvalue weighted by Crippen LogP contribution is 2.40. The smallest absolute Gasteiger partial charge is 0.256 e. The molecule has 0 spiro atoms. The van der Waals surface area contributed by atoms with Crippen molar-refractivity contribution in [3.8, 4) is 0 Å². The zero-order valence-electron chi connectivity index (χ0n) is 18.5. The van der Waals surface area contributed by atoms with Crippen molar-refractivity contribution in [2.45, 2.75) is 51.0 Å². The average molecular weight is 534 g/mol. The molecule has 7 nitrogen and oxygen atoms in total. The lowest BCUT2D eigenvalue weighted by Crippen LogP contribution is -2.39. The minimum atomic E-state index is -1.42. The number of hydrogen-bond donors (Lipinski definition) is 1. The Morgan fingerprint density at radius 2 is 1.97 bits per heavy atom. The van der Waals surface area contributed by atoms with Gasteiger partial charge in [-0.1, -0.05) is 0 Å². The van der Waals surface area contributed by atoms with Gasteiger partial charge in [0.2, 0.25) is 0 Å². The Labute approximate surface area is 202 Å². The number of halogens is 2. The molecule has 1 aliphatic carbocycles. The van der Waals surface area contributed by atoms with Crippen LogP contribution in [0.25, 0.3) is 5.65 Å². The van der Waals surface area contributed by atoms with E-state index in [1.165, 1.54) is 31.2 Å². The first kappa shape index (κ1) is 22.5. The van der Waals surface area contributed by atoms with Crippen LogP contribution in [0, 0.1) is 12.7 Å². The van der Waals surface area contributed by atoms with Gasteiger partial charge >= 0.3 is 0 Å². The topological polar surface area (TPSA) is 79.6 Å². The maximum Gasteiger partial charge on any atom is 0.256 e. The highest BCUT2D eigenvalue weighted by Gasteiger charge is 2.33. The number of carbonyl (C=O) groups excluding carboxylic acids is 1. The van der Waals surface area contributed by atoms with Crippen molar-refractivity contribution in [1.29, 1.82) is 0 Å². The van der Waals surface area contributed by atoms with Crippen molar-refractivity contribution < 1.29 is 13.4 Å². The molecule has 1 N–H and O–H groups in total. The molecule has 10 heteroatoms. The van der Waals surface area contributed by atoms with Crippen molar-refractivity contribution >= 4 is 44.2 Å². The highest BCUT2D eigenvalue weighted by atomic mass is 79.9. The number of benzene rings is 1. The third-order valence-electron chi connectivity index (χ3n) is 6.28. The molecule has 1 saturated heterocycles. The minimum absolute atomic E-state index is 0.151. The third-order valence-corrected chi connectivity index (χ3v) is 7.39. The Morgan fingerprint density at radius 1 is 1.18 bits per heavy atom. The Morgan fingerprint density at radius 3 is 2.70 bits per heavy atom. The fourth-order valence-corrected chi connectivity index (χ4v) is 5.72. The lowest BCUT2D eigenvalue weighted by molar-refractivity contribution is 0.0606. The molecule has 1 aliphatic heterocycles. The number of rotatable bonds is 5. The van der Waals surface area contributed by atoms with Gasteiger partial charge < -0.3 is 9.62 Å². The molecule has 1 amide bonds. The van der Waals surface area contributed by atoms with Crippen LogP contribution >= 0.6 is 15.9 Å². The van der Waals surface area contributed by atoms with Crippen LogP contribution in [0.2, 0.25) is 0 Å². The number of likely N-dealkylation sites (tertiary alicyclic amines) is 1. The SMILES string of the molecule is Cc1cc(C2CC2)nc2cc([C@@H]3CCCCN3C(=O)c3cc(F)cc(Br)c3NS(C)=O)nn12. The average Bonchev–Trinajstić information content (AvgIpc) is 3.53. The molecule has 0 radical (unpaired) electrons. The fourth-order valence-electron chi connectivity index (χ4n) is 4.55. The van der Waals surface area contributed by atoms with Gasteiger partial charge in [0.15, 0.2) is 5.65 Å². The van der Waals surface area contributed by atoms with Gasteiger partial charge in [-0.3, -0.25) is 4.79 Å². The molecule has 3 heterocycles. The van der Waals surface area contributed by atoms with Crippen LogP contribution in [0.5, 0.6) is 0 Å². The van der Waals surface area contributed by atoms with Crippen LogP contribution in [0.4, 0.5) is 10.1 Å². The summed E-state index contributed by atoms with van der Waals surface area (Å²) < 4.78 is 31.1. The largest absolute Gasteiger partial charge is 0.330 e. The van der Waals surface area contributed by atoms with E-state index in [4.69, 9.17) is 10.1 Å². The maximum atomic E-state index is 14.3. The molecular weight excluding hydrogens is 509 g/mol. The van der Waals surface area contributed by atoms with Crippen LogP contribution in [-0.4, -0.2) is 42.4 Å². The third kappa shape index (κ3) is 4.42. The van der Waals surface area contributed by atoms with E-state index in [0.29, 0.717) is 22.6 Å². The molecule has 2 aromatic heterocycles. The number of nitrogens with one attached hydrogen (secondary N) is 1. The van der Waals surface area contributed by atoms with E-state index in [0.717, 1.165) is 42.0 Å². The van der Waals surface area contributed by atoms with Crippen LogP contribution < -0.4 is 4.72 Å². The van der Waals surface area contributed by atoms with E-state index < -0.39 is 16.8 Å². The molecule has 0 bridgehead atoms. The predicted octanol–water partition coefficient (Wildman–Crippen LogP) is 4.89. The van der Waals surface area contributed by atoms with E-state index in [2.05, 4.69) is 26.7 Å². The summed E-state index contributed by atoms with van der Waals surface area (Å²) in [6, 6.07) is 6.28. The van der Waals surface area contributed by atoms with Crippen LogP contribution in [-0.2, 0) is 11.0 Å². The van der Waals surface area contributed by atoms with Crippen LogP contribution in [0.15, 0.2) is 28.7 Å². The molecule has 3 aromatic rings. The van der Waals surface area contributed by atoms with Gasteiger partial charge in [0.1, 0.15) is 16.8 Å². The second-order valence-corrected chi connectivity index (χ2v) is 10.8. The molecule has 1 unspecified atom stereocenters. The molecular formula is C23H25BrFN5O2S. The van der Waals surface area contributed by atoms with Gasteiger partial charge in [0.05, 0.1) is 23.0 Å². The number of piperidine rings is 1. The molecule has 33 heavy (non-hydrogen) atoms. The number of fused-ring (bicyclic) bond motifs is 1. The highest BCUT2D eigenvalue weighted by molar-refractivity contribution is 9.10. The standard InChI is InChI=1S/C23H25BrFN5O2S/c1-13-9-18(14-6-7-14)26-21-12-19(27-30(13)21)20-5-3-4-8-29(20)23(31)16-10-15(25)11-17(24)22(16)28-33(2)32/h9-12,14,20,28H,3-8H2,1-2H3/t20-,33?/m0/s1. The van der Waals surface area contributed by atoms with Gasteiger partial charge in [-0.2, -0.15) is 5.10 Å². The molecule has 2 aliphatic rings. The summed E-state index contributed by atoms with van der Waals surface area (Å²) in [6.45, 7) is 2.56. The summed E-state index contributed by atoms with van der Waals surface area (Å²) in [5.41, 5.74) is 4.19. The van der Waals surface area contributed by atoms with Crippen LogP contribution in [0.3, 0.4) is 0 Å². The van der Waals surface area contributed by atoms with Crippen molar-refractivity contribution in [1.82, 2.24) is 19.5 Å². The maximum absolute atomic E-state index is 14.3. The van der Waals surface area contributed by atoms with Crippen molar-refractivity contribution in [3.05, 3.63) is 57.2 Å². The van der Waals surface area contributed by atoms with E-state index in [1.54, 1.807) is 4.90 Å². The zero-order valence-corrected chi connectivity index (χ0v) is 20.9. The van der Waals surface area contributed by atoms with Gasteiger partial charge in [-0.15, -0.1) is 0 Å². The lowest BCUT2D eigenvalue weighted by Gasteiger charge is -2.35. The first-order valence-corrected chi connectivity index (χ1v) is 13.4. The Kier molecular flexibility index (Phi) is 5.98. The van der Waals surface area contributed by atoms with Crippen molar-refractivity contribution in [2.75, 3.05) is 17.5 Å². The Hall–Kier alpha value is -2.33. The molecule has 5 rings (SSSR count). The van der Waals surface area contributed by atoms with Crippen LogP contribution in [0.1, 0.15) is 71.5 Å². The van der Waals surface area contributed by atoms with Gasteiger partial charge in [0.25, 0.3) is 5.91 Å². The quantitative estimate of drug-likeness (QED) is 0.506. The van der Waals surface area contributed by atoms with Gasteiger partial charge in [-0.05, 0) is 73.2 Å². The Bertz CT molecular complexity index is 1280. The molecule has 2 fully saturated rings. The number of hydrogen-bond acceptors (Lipinski definition) is 4. The molecule has 174 valence electrons. The van der Waals surface area contributed by atoms with Gasteiger partial charge in [-0.25, -0.2) is 18.1 Å². The number of carbonyl (C=O) groups is 1. The summed E-state index contributed by atoms with van der Waals surface area (Å²) in [7, 11) is -1.42. The summed E-state index contributed by atoms with van der Waals surface area (Å²) >= 11 is 3.30. The first-order chi connectivity index (χ1) is 15.8. The van der Waals surface area contributed by atoms with Gasteiger partial charge in [0, 0.05) is 40.6 Å². The van der Waals surface area contributed by atoms with E-state index in [9.17, 15) is 13.4 Å². The Balaban J connectivity index is 1.53. The number of nitrogens with zero attached hydrogens (tertiary/aromatic N) is 4. The van der Waals surface area contributed by atoms with E-state index >= 15 is 0 Å². The predicted molar refractivity (Wildman–Crippen MR) is 129 cm³/mol. The normalized spacial score (nSPS) is 19.6. The van der Waals surface area contributed by atoms with Crippen molar-refractivity contribution in [3.63, 3.8) is 0 Å². The summed E-state index contributed by atoms with van der Waals surface area (Å²) in [4.78, 5) is 20.2. The molecule has 1 saturated carbocycles. The number of aromatic nitrogens is 3. The second-order valence-electron chi connectivity index (χ2n) is 8.81. The zero-order chi connectivity index (χ0) is 23.3. The van der Waals surface area contributed by atoms with E-state index in [1.807, 2.05) is 17.5 Å². The second kappa shape index (κ2) is 8.79. The first-order valence-electron chi connectivity index (χ1n) is 11.1.